The second-order valence-corrected chi connectivity index (χ2v) is 11.1. The number of carbonyl (C=O) groups excluding carboxylic acids is 1. The molecule has 40 heavy (non-hydrogen) atoms. The fourth-order valence-corrected chi connectivity index (χ4v) is 6.03. The average Bonchev–Trinajstić information content (AvgIpc) is 3.24. The van der Waals surface area contributed by atoms with Gasteiger partial charge in [-0.05, 0) is 54.9 Å². The SMILES string of the molecule is CCN(CC)CCOc1ccc2c3c([nH]c2c1)C(C(=O)O)=CN(C(=O)c1ccc(F)c(F)c1)C(C(C)C)C3(C)C. The van der Waals surface area contributed by atoms with Crippen LogP contribution >= 0.6 is 0 Å². The molecule has 0 fully saturated rings. The van der Waals surface area contributed by atoms with Gasteiger partial charge in [0.25, 0.3) is 5.91 Å². The van der Waals surface area contributed by atoms with Crippen molar-refractivity contribution in [2.75, 3.05) is 26.2 Å². The lowest BCUT2D eigenvalue weighted by Gasteiger charge is -2.42. The van der Waals surface area contributed by atoms with Crippen LogP contribution in [0.5, 0.6) is 5.75 Å². The number of aromatic nitrogens is 1. The molecular formula is C31H37F2N3O4. The van der Waals surface area contributed by atoms with Gasteiger partial charge in [-0.2, -0.15) is 0 Å². The minimum Gasteiger partial charge on any atom is -0.492 e. The number of fused-ring (bicyclic) bond motifs is 3. The van der Waals surface area contributed by atoms with Crippen LogP contribution in [0.15, 0.2) is 42.6 Å². The molecule has 214 valence electrons. The van der Waals surface area contributed by atoms with Crippen LogP contribution in [0.1, 0.15) is 63.2 Å². The summed E-state index contributed by atoms with van der Waals surface area (Å²) in [6.45, 7) is 15.3. The van der Waals surface area contributed by atoms with E-state index >= 15 is 0 Å². The Bertz CT molecular complexity index is 1460. The number of nitrogens with one attached hydrogen (secondary N) is 1. The van der Waals surface area contributed by atoms with E-state index in [1.165, 1.54) is 17.2 Å². The third-order valence-corrected chi connectivity index (χ3v) is 7.82. The van der Waals surface area contributed by atoms with Crippen molar-refractivity contribution >= 4 is 28.4 Å². The molecule has 2 heterocycles. The lowest BCUT2D eigenvalue weighted by atomic mass is 9.71. The van der Waals surface area contributed by atoms with Crippen molar-refractivity contribution < 1.29 is 28.2 Å². The van der Waals surface area contributed by atoms with Crippen molar-refractivity contribution in [3.8, 4) is 5.75 Å². The number of hydrogen-bond donors (Lipinski definition) is 2. The number of aliphatic carboxylic acids is 1. The summed E-state index contributed by atoms with van der Waals surface area (Å²) in [6, 6.07) is 8.11. The molecule has 1 aliphatic heterocycles. The summed E-state index contributed by atoms with van der Waals surface area (Å²) in [4.78, 5) is 33.3. The van der Waals surface area contributed by atoms with Crippen LogP contribution in [0.25, 0.3) is 16.5 Å². The van der Waals surface area contributed by atoms with Gasteiger partial charge in [0, 0.05) is 46.7 Å². The van der Waals surface area contributed by atoms with Gasteiger partial charge in [-0.25, -0.2) is 13.6 Å². The van der Waals surface area contributed by atoms with Gasteiger partial charge in [0.1, 0.15) is 12.4 Å². The monoisotopic (exact) mass is 553 g/mol. The van der Waals surface area contributed by atoms with Crippen LogP contribution in [0, 0.1) is 17.6 Å². The first kappa shape index (κ1) is 29.3. The second kappa shape index (κ2) is 11.4. The predicted molar refractivity (Wildman–Crippen MR) is 151 cm³/mol. The molecule has 0 saturated heterocycles. The van der Waals surface area contributed by atoms with E-state index in [9.17, 15) is 23.5 Å². The summed E-state index contributed by atoms with van der Waals surface area (Å²) in [6.07, 6.45) is 1.32. The topological polar surface area (TPSA) is 85.9 Å². The fourth-order valence-electron chi connectivity index (χ4n) is 6.03. The minimum absolute atomic E-state index is 0.0664. The zero-order chi connectivity index (χ0) is 29.4. The third kappa shape index (κ3) is 5.35. The average molecular weight is 554 g/mol. The van der Waals surface area contributed by atoms with Crippen molar-refractivity contribution in [3.05, 3.63) is 71.1 Å². The standard InChI is InChI=1S/C31H37F2N3O4/c1-7-35(8-2)13-14-40-20-10-11-21-25(16-20)34-27-22(30(38)39)17-36(28(18(3)4)31(5,6)26(21)27)29(37)19-9-12-23(32)24(33)15-19/h9-12,15-18,28,34H,7-8,13-14H2,1-6H3,(H,38,39). The van der Waals surface area contributed by atoms with Crippen molar-refractivity contribution in [2.24, 2.45) is 5.92 Å². The van der Waals surface area contributed by atoms with E-state index in [-0.39, 0.29) is 17.1 Å². The Labute approximate surface area is 233 Å². The predicted octanol–water partition coefficient (Wildman–Crippen LogP) is 6.05. The maximum absolute atomic E-state index is 14.1. The molecule has 2 aromatic carbocycles. The quantitative estimate of drug-likeness (QED) is 0.337. The van der Waals surface area contributed by atoms with Crippen LogP contribution in [0.3, 0.4) is 0 Å². The fraction of sp³-hybridized carbons (Fsp3) is 0.419. The number of benzene rings is 2. The van der Waals surface area contributed by atoms with E-state index < -0.39 is 35.0 Å². The molecule has 1 amide bonds. The van der Waals surface area contributed by atoms with Crippen LogP contribution in [0.4, 0.5) is 8.78 Å². The molecule has 1 aliphatic rings. The number of carboxylic acids is 1. The zero-order valence-corrected chi connectivity index (χ0v) is 23.8. The molecule has 0 spiro atoms. The molecule has 3 aromatic rings. The Morgan fingerprint density at radius 3 is 2.40 bits per heavy atom. The molecule has 0 bridgehead atoms. The summed E-state index contributed by atoms with van der Waals surface area (Å²) >= 11 is 0. The van der Waals surface area contributed by atoms with Gasteiger partial charge in [0.15, 0.2) is 11.6 Å². The van der Waals surface area contributed by atoms with Gasteiger partial charge in [0.2, 0.25) is 0 Å². The highest BCUT2D eigenvalue weighted by Gasteiger charge is 2.45. The molecule has 0 radical (unpaired) electrons. The summed E-state index contributed by atoms with van der Waals surface area (Å²) in [5.74, 6) is -3.48. The molecule has 1 unspecified atom stereocenters. The number of H-pyrrole nitrogens is 1. The van der Waals surface area contributed by atoms with Crippen LogP contribution in [-0.4, -0.2) is 64.0 Å². The highest BCUT2D eigenvalue weighted by atomic mass is 19.2. The molecule has 1 aromatic heterocycles. The highest BCUT2D eigenvalue weighted by molar-refractivity contribution is 6.17. The molecular weight excluding hydrogens is 516 g/mol. The number of rotatable bonds is 9. The van der Waals surface area contributed by atoms with Crippen LogP contribution in [-0.2, 0) is 10.2 Å². The number of hydrogen-bond acceptors (Lipinski definition) is 4. The maximum Gasteiger partial charge on any atom is 0.339 e. The second-order valence-electron chi connectivity index (χ2n) is 11.1. The summed E-state index contributed by atoms with van der Waals surface area (Å²) in [5, 5.41) is 11.1. The van der Waals surface area contributed by atoms with Gasteiger partial charge < -0.3 is 24.6 Å². The van der Waals surface area contributed by atoms with Gasteiger partial charge in [-0.3, -0.25) is 4.79 Å². The molecule has 1 atom stereocenters. The van der Waals surface area contributed by atoms with E-state index in [1.54, 1.807) is 0 Å². The van der Waals surface area contributed by atoms with Gasteiger partial charge in [0.05, 0.1) is 11.3 Å². The molecule has 7 nitrogen and oxygen atoms in total. The Morgan fingerprint density at radius 2 is 1.80 bits per heavy atom. The first-order chi connectivity index (χ1) is 18.9. The van der Waals surface area contributed by atoms with Crippen LogP contribution in [0.2, 0.25) is 0 Å². The van der Waals surface area contributed by atoms with Crippen molar-refractivity contribution in [1.82, 2.24) is 14.8 Å². The van der Waals surface area contributed by atoms with Gasteiger partial charge >= 0.3 is 5.97 Å². The highest BCUT2D eigenvalue weighted by Crippen LogP contribution is 2.46. The summed E-state index contributed by atoms with van der Waals surface area (Å²) in [7, 11) is 0. The molecule has 0 saturated carbocycles. The Morgan fingerprint density at radius 1 is 1.10 bits per heavy atom. The number of likely N-dealkylation sites (N-methyl/N-ethyl adjacent to an activating group) is 1. The number of amides is 1. The number of aromatic amines is 1. The number of carboxylic acid groups (broad SMARTS) is 1. The molecule has 0 aliphatic carbocycles. The number of ether oxygens (including phenoxy) is 1. The van der Waals surface area contributed by atoms with E-state index in [2.05, 4.69) is 23.7 Å². The van der Waals surface area contributed by atoms with E-state index in [1.807, 2.05) is 45.9 Å². The Balaban J connectivity index is 1.83. The Hall–Kier alpha value is -3.72. The first-order valence-electron chi connectivity index (χ1n) is 13.6. The maximum atomic E-state index is 14.1. The summed E-state index contributed by atoms with van der Waals surface area (Å²) in [5.41, 5.74) is 0.998. The van der Waals surface area contributed by atoms with E-state index in [0.717, 1.165) is 48.2 Å². The number of nitrogens with zero attached hydrogens (tertiary/aromatic N) is 2. The number of halogens is 2. The van der Waals surface area contributed by atoms with Crippen molar-refractivity contribution in [1.29, 1.82) is 0 Å². The lowest BCUT2D eigenvalue weighted by molar-refractivity contribution is -0.130. The van der Waals surface area contributed by atoms with Crippen molar-refractivity contribution in [3.63, 3.8) is 0 Å². The van der Waals surface area contributed by atoms with Crippen LogP contribution < -0.4 is 4.74 Å². The zero-order valence-electron chi connectivity index (χ0n) is 23.8. The largest absolute Gasteiger partial charge is 0.492 e. The van der Waals surface area contributed by atoms with Gasteiger partial charge in [-0.1, -0.05) is 41.5 Å². The van der Waals surface area contributed by atoms with Crippen molar-refractivity contribution in [2.45, 2.75) is 53.0 Å². The number of carbonyl (C=O) groups is 2. The van der Waals surface area contributed by atoms with Gasteiger partial charge in [-0.15, -0.1) is 0 Å². The van der Waals surface area contributed by atoms with E-state index in [0.29, 0.717) is 18.1 Å². The molecule has 4 rings (SSSR count). The Kier molecular flexibility index (Phi) is 8.35. The smallest absolute Gasteiger partial charge is 0.339 e. The minimum atomic E-state index is -1.22. The third-order valence-electron chi connectivity index (χ3n) is 7.82. The molecule has 2 N–H and O–H groups in total. The molecule has 9 heteroatoms. The lowest BCUT2D eigenvalue weighted by Crippen LogP contribution is -2.50. The normalized spacial score (nSPS) is 16.7. The van der Waals surface area contributed by atoms with E-state index in [4.69, 9.17) is 4.74 Å². The first-order valence-corrected chi connectivity index (χ1v) is 13.6. The summed E-state index contributed by atoms with van der Waals surface area (Å²) < 4.78 is 33.7.